The van der Waals surface area contributed by atoms with Crippen molar-refractivity contribution in [2.45, 2.75) is 13.8 Å². The molecule has 0 bridgehead atoms. The topological polar surface area (TPSA) is 42.2 Å². The first-order valence-electron chi connectivity index (χ1n) is 8.07. The van der Waals surface area contributed by atoms with Crippen molar-refractivity contribution in [1.82, 2.24) is 14.6 Å². The van der Waals surface area contributed by atoms with Gasteiger partial charge >= 0.3 is 0 Å². The molecular formula is C20H17ClN4. The van der Waals surface area contributed by atoms with Gasteiger partial charge in [-0.1, -0.05) is 41.9 Å². The first-order valence-corrected chi connectivity index (χ1v) is 8.44. The molecule has 2 heterocycles. The summed E-state index contributed by atoms with van der Waals surface area (Å²) in [6, 6.07) is 19.8. The quantitative estimate of drug-likeness (QED) is 0.538. The molecule has 25 heavy (non-hydrogen) atoms. The van der Waals surface area contributed by atoms with E-state index in [0.29, 0.717) is 5.02 Å². The van der Waals surface area contributed by atoms with Gasteiger partial charge in [0.1, 0.15) is 5.82 Å². The van der Waals surface area contributed by atoms with Crippen LogP contribution in [-0.4, -0.2) is 14.6 Å². The van der Waals surface area contributed by atoms with Crippen LogP contribution in [0.1, 0.15) is 11.4 Å². The molecule has 0 saturated carbocycles. The second-order valence-electron chi connectivity index (χ2n) is 5.98. The van der Waals surface area contributed by atoms with Gasteiger partial charge in [-0.15, -0.1) is 0 Å². The van der Waals surface area contributed by atoms with Crippen LogP contribution in [0.3, 0.4) is 0 Å². The minimum atomic E-state index is 0.716. The largest absolute Gasteiger partial charge is 0.340 e. The highest BCUT2D eigenvalue weighted by Gasteiger charge is 2.16. The highest BCUT2D eigenvalue weighted by atomic mass is 35.5. The first-order chi connectivity index (χ1) is 12.1. The first kappa shape index (κ1) is 15.7. The van der Waals surface area contributed by atoms with E-state index in [1.165, 1.54) is 0 Å². The average molecular weight is 349 g/mol. The van der Waals surface area contributed by atoms with Gasteiger partial charge < -0.3 is 5.32 Å². The number of aromatic nitrogens is 3. The van der Waals surface area contributed by atoms with Gasteiger partial charge in [0.25, 0.3) is 0 Å². The number of nitrogens with one attached hydrogen (secondary N) is 1. The van der Waals surface area contributed by atoms with E-state index in [9.17, 15) is 0 Å². The number of hydrogen-bond donors (Lipinski definition) is 1. The Balaban J connectivity index is 1.89. The molecule has 4 rings (SSSR count). The van der Waals surface area contributed by atoms with Crippen LogP contribution >= 0.6 is 11.6 Å². The maximum absolute atomic E-state index is 6.03. The van der Waals surface area contributed by atoms with E-state index in [1.54, 1.807) is 0 Å². The highest BCUT2D eigenvalue weighted by molar-refractivity contribution is 6.30. The number of para-hydroxylation sites is 1. The molecule has 0 amide bonds. The van der Waals surface area contributed by atoms with Crippen molar-refractivity contribution in [1.29, 1.82) is 0 Å². The minimum absolute atomic E-state index is 0.716. The Morgan fingerprint density at radius 2 is 1.68 bits per heavy atom. The summed E-state index contributed by atoms with van der Waals surface area (Å²) >= 11 is 6.03. The Labute approximate surface area is 151 Å². The minimum Gasteiger partial charge on any atom is -0.340 e. The summed E-state index contributed by atoms with van der Waals surface area (Å²) in [5, 5.41) is 8.85. The van der Waals surface area contributed by atoms with Crippen molar-refractivity contribution in [2.24, 2.45) is 0 Å². The maximum Gasteiger partial charge on any atom is 0.165 e. The second-order valence-corrected chi connectivity index (χ2v) is 6.41. The van der Waals surface area contributed by atoms with E-state index in [0.717, 1.165) is 39.7 Å². The van der Waals surface area contributed by atoms with Gasteiger partial charge in [0, 0.05) is 28.0 Å². The number of halogens is 1. The molecule has 0 spiro atoms. The molecule has 4 nitrogen and oxygen atoms in total. The standard InChI is InChI=1S/C20H17ClN4/c1-13-12-18(23-17-6-4-3-5-7-17)25-20(22-13)19(14(2)24-25)15-8-10-16(21)11-9-15/h3-12,23H,1-2H3. The average Bonchev–Trinajstić information content (AvgIpc) is 2.93. The van der Waals surface area contributed by atoms with Crippen LogP contribution in [0.5, 0.6) is 0 Å². The fourth-order valence-corrected chi connectivity index (χ4v) is 3.08. The number of benzene rings is 2. The molecule has 0 fully saturated rings. The van der Waals surface area contributed by atoms with Crippen LogP contribution in [0.2, 0.25) is 5.02 Å². The van der Waals surface area contributed by atoms with Crippen molar-refractivity contribution in [3.8, 4) is 11.1 Å². The van der Waals surface area contributed by atoms with Crippen LogP contribution in [0, 0.1) is 13.8 Å². The summed E-state index contributed by atoms with van der Waals surface area (Å²) in [7, 11) is 0. The summed E-state index contributed by atoms with van der Waals surface area (Å²) in [6.45, 7) is 3.99. The molecular weight excluding hydrogens is 332 g/mol. The molecule has 2 aromatic carbocycles. The van der Waals surface area contributed by atoms with Gasteiger partial charge in [-0.25, -0.2) is 4.98 Å². The molecule has 2 aromatic heterocycles. The van der Waals surface area contributed by atoms with E-state index in [4.69, 9.17) is 21.7 Å². The molecule has 0 saturated heterocycles. The summed E-state index contributed by atoms with van der Waals surface area (Å²) in [6.07, 6.45) is 0. The lowest BCUT2D eigenvalue weighted by atomic mass is 10.1. The Bertz CT molecular complexity index is 1040. The number of fused-ring (bicyclic) bond motifs is 1. The summed E-state index contributed by atoms with van der Waals surface area (Å²) in [5.41, 5.74) is 5.78. The van der Waals surface area contributed by atoms with Gasteiger partial charge in [-0.3, -0.25) is 0 Å². The zero-order valence-corrected chi connectivity index (χ0v) is 14.7. The number of hydrogen-bond acceptors (Lipinski definition) is 3. The van der Waals surface area contributed by atoms with Crippen LogP contribution < -0.4 is 5.32 Å². The summed E-state index contributed by atoms with van der Waals surface area (Å²) in [5.74, 6) is 0.886. The smallest absolute Gasteiger partial charge is 0.165 e. The number of nitrogens with zero attached hydrogens (tertiary/aromatic N) is 3. The van der Waals surface area contributed by atoms with Crippen LogP contribution in [0.15, 0.2) is 60.7 Å². The van der Waals surface area contributed by atoms with E-state index >= 15 is 0 Å². The Morgan fingerprint density at radius 1 is 0.960 bits per heavy atom. The molecule has 124 valence electrons. The van der Waals surface area contributed by atoms with Gasteiger partial charge in [0.05, 0.1) is 5.69 Å². The zero-order valence-electron chi connectivity index (χ0n) is 14.0. The van der Waals surface area contributed by atoms with Crippen molar-refractivity contribution in [2.75, 3.05) is 5.32 Å². The molecule has 5 heteroatoms. The predicted octanol–water partition coefficient (Wildman–Crippen LogP) is 5.41. The Hall–Kier alpha value is -2.85. The molecule has 4 aromatic rings. The predicted molar refractivity (Wildman–Crippen MR) is 103 cm³/mol. The van der Waals surface area contributed by atoms with E-state index in [-0.39, 0.29) is 0 Å². The van der Waals surface area contributed by atoms with Gasteiger partial charge in [0.15, 0.2) is 5.65 Å². The van der Waals surface area contributed by atoms with Crippen LogP contribution in [0.25, 0.3) is 16.8 Å². The lowest BCUT2D eigenvalue weighted by Gasteiger charge is -2.09. The molecule has 0 aliphatic heterocycles. The third kappa shape index (κ3) is 2.96. The Kier molecular flexibility index (Phi) is 3.90. The molecule has 0 atom stereocenters. The van der Waals surface area contributed by atoms with Gasteiger partial charge in [-0.2, -0.15) is 9.61 Å². The molecule has 0 unspecified atom stereocenters. The van der Waals surface area contributed by atoms with E-state index < -0.39 is 0 Å². The maximum atomic E-state index is 6.03. The summed E-state index contributed by atoms with van der Waals surface area (Å²) < 4.78 is 1.86. The molecule has 0 aliphatic carbocycles. The van der Waals surface area contributed by atoms with Crippen LogP contribution in [-0.2, 0) is 0 Å². The number of aryl methyl sites for hydroxylation is 2. The van der Waals surface area contributed by atoms with Crippen molar-refractivity contribution >= 4 is 28.8 Å². The van der Waals surface area contributed by atoms with Gasteiger partial charge in [-0.05, 0) is 43.7 Å². The SMILES string of the molecule is Cc1cc(Nc2ccccc2)n2nc(C)c(-c3ccc(Cl)cc3)c2n1. The fraction of sp³-hybridized carbons (Fsp3) is 0.100. The summed E-state index contributed by atoms with van der Waals surface area (Å²) in [4.78, 5) is 4.73. The Morgan fingerprint density at radius 3 is 2.40 bits per heavy atom. The molecule has 1 N–H and O–H groups in total. The van der Waals surface area contributed by atoms with Crippen molar-refractivity contribution in [3.05, 3.63) is 77.1 Å². The third-order valence-electron chi connectivity index (χ3n) is 4.07. The fourth-order valence-electron chi connectivity index (χ4n) is 2.96. The number of anilines is 2. The van der Waals surface area contributed by atoms with Crippen LogP contribution in [0.4, 0.5) is 11.5 Å². The lowest BCUT2D eigenvalue weighted by molar-refractivity contribution is 0.917. The van der Waals surface area contributed by atoms with E-state index in [1.807, 2.05) is 79.0 Å². The molecule has 0 radical (unpaired) electrons. The van der Waals surface area contributed by atoms with Crippen molar-refractivity contribution < 1.29 is 0 Å². The monoisotopic (exact) mass is 348 g/mol. The van der Waals surface area contributed by atoms with E-state index in [2.05, 4.69) is 5.32 Å². The number of rotatable bonds is 3. The highest BCUT2D eigenvalue weighted by Crippen LogP contribution is 2.30. The van der Waals surface area contributed by atoms with Crippen molar-refractivity contribution in [3.63, 3.8) is 0 Å². The molecule has 0 aliphatic rings. The second kappa shape index (κ2) is 6.22. The zero-order chi connectivity index (χ0) is 17.4. The third-order valence-corrected chi connectivity index (χ3v) is 4.32. The normalized spacial score (nSPS) is 11.0. The van der Waals surface area contributed by atoms with Gasteiger partial charge in [0.2, 0.25) is 0 Å². The lowest BCUT2D eigenvalue weighted by Crippen LogP contribution is -2.02.